The van der Waals surface area contributed by atoms with Gasteiger partial charge in [-0.1, -0.05) is 6.07 Å². The Balaban J connectivity index is 2.01. The van der Waals surface area contributed by atoms with Crippen molar-refractivity contribution in [3.05, 3.63) is 29.6 Å². The fourth-order valence-corrected chi connectivity index (χ4v) is 1.98. The summed E-state index contributed by atoms with van der Waals surface area (Å²) in [5.74, 6) is 0.197. The molecule has 1 saturated heterocycles. The number of carbonyl (C=O) groups excluding carboxylic acids is 1. The van der Waals surface area contributed by atoms with Crippen LogP contribution >= 0.6 is 0 Å². The van der Waals surface area contributed by atoms with Gasteiger partial charge in [0.15, 0.2) is 0 Å². The lowest BCUT2D eigenvalue weighted by Gasteiger charge is -2.16. The molecule has 1 unspecified atom stereocenters. The van der Waals surface area contributed by atoms with E-state index in [1.807, 2.05) is 37.2 Å². The molecule has 1 aromatic heterocycles. The third kappa shape index (κ3) is 2.22. The number of pyridine rings is 1. The molecule has 0 spiro atoms. The number of nitrogens with one attached hydrogen (secondary N) is 1. The standard InChI is InChI=1S/C12H17N3O/c1-9-3-4-10(7-14-9)8-15-6-5-11(13-2)12(15)16/h3-4,7,11,13H,5-6,8H2,1-2H3. The summed E-state index contributed by atoms with van der Waals surface area (Å²) in [6.07, 6.45) is 2.74. The maximum Gasteiger partial charge on any atom is 0.240 e. The molecule has 0 saturated carbocycles. The van der Waals surface area contributed by atoms with Crippen molar-refractivity contribution in [1.29, 1.82) is 0 Å². The van der Waals surface area contributed by atoms with E-state index in [9.17, 15) is 4.79 Å². The molecule has 0 aromatic carbocycles. The number of likely N-dealkylation sites (N-methyl/N-ethyl adjacent to an activating group) is 1. The van der Waals surface area contributed by atoms with E-state index in [2.05, 4.69) is 10.3 Å². The molecular weight excluding hydrogens is 202 g/mol. The summed E-state index contributed by atoms with van der Waals surface area (Å²) in [5, 5.41) is 3.03. The fourth-order valence-electron chi connectivity index (χ4n) is 1.98. The molecule has 1 aliphatic rings. The molecule has 1 atom stereocenters. The summed E-state index contributed by atoms with van der Waals surface area (Å²) < 4.78 is 0. The van der Waals surface area contributed by atoms with Crippen molar-refractivity contribution >= 4 is 5.91 Å². The summed E-state index contributed by atoms with van der Waals surface area (Å²) in [5.41, 5.74) is 2.10. The van der Waals surface area contributed by atoms with Crippen LogP contribution in [0.25, 0.3) is 0 Å². The lowest BCUT2D eigenvalue weighted by atomic mass is 10.2. The van der Waals surface area contributed by atoms with Crippen molar-refractivity contribution in [2.24, 2.45) is 0 Å². The number of hydrogen-bond donors (Lipinski definition) is 1. The quantitative estimate of drug-likeness (QED) is 0.814. The number of aryl methyl sites for hydroxylation is 1. The summed E-state index contributed by atoms with van der Waals surface area (Å²) in [6, 6.07) is 4.01. The van der Waals surface area contributed by atoms with E-state index >= 15 is 0 Å². The van der Waals surface area contributed by atoms with Gasteiger partial charge in [-0.05, 0) is 32.0 Å². The maximum atomic E-state index is 11.9. The molecule has 4 heteroatoms. The van der Waals surface area contributed by atoms with Gasteiger partial charge in [-0.15, -0.1) is 0 Å². The Labute approximate surface area is 95.7 Å². The van der Waals surface area contributed by atoms with Gasteiger partial charge in [0.2, 0.25) is 5.91 Å². The lowest BCUT2D eigenvalue weighted by Crippen LogP contribution is -2.35. The molecule has 2 rings (SSSR count). The van der Waals surface area contributed by atoms with Crippen molar-refractivity contribution in [2.45, 2.75) is 25.9 Å². The fraction of sp³-hybridized carbons (Fsp3) is 0.500. The Bertz CT molecular complexity index is 374. The average Bonchev–Trinajstić information content (AvgIpc) is 2.63. The molecule has 0 bridgehead atoms. The molecule has 2 heterocycles. The first-order valence-corrected chi connectivity index (χ1v) is 5.58. The van der Waals surface area contributed by atoms with E-state index in [0.29, 0.717) is 6.54 Å². The van der Waals surface area contributed by atoms with Gasteiger partial charge >= 0.3 is 0 Å². The van der Waals surface area contributed by atoms with Gasteiger partial charge < -0.3 is 10.2 Å². The van der Waals surface area contributed by atoms with Crippen LogP contribution in [-0.4, -0.2) is 35.4 Å². The van der Waals surface area contributed by atoms with Gasteiger partial charge in [-0.25, -0.2) is 0 Å². The Morgan fingerprint density at radius 2 is 2.38 bits per heavy atom. The zero-order chi connectivity index (χ0) is 11.5. The van der Waals surface area contributed by atoms with E-state index < -0.39 is 0 Å². The molecule has 1 aliphatic heterocycles. The van der Waals surface area contributed by atoms with Gasteiger partial charge in [0, 0.05) is 25.0 Å². The van der Waals surface area contributed by atoms with E-state index in [1.54, 1.807) is 0 Å². The predicted molar refractivity (Wildman–Crippen MR) is 61.9 cm³/mol. The number of hydrogen-bond acceptors (Lipinski definition) is 3. The minimum absolute atomic E-state index is 0.00147. The van der Waals surface area contributed by atoms with Crippen molar-refractivity contribution in [2.75, 3.05) is 13.6 Å². The molecule has 1 fully saturated rings. The molecule has 1 aromatic rings. The third-order valence-corrected chi connectivity index (χ3v) is 2.99. The first kappa shape index (κ1) is 11.1. The van der Waals surface area contributed by atoms with Crippen LogP contribution in [0, 0.1) is 6.92 Å². The number of rotatable bonds is 3. The molecule has 0 radical (unpaired) electrons. The average molecular weight is 219 g/mol. The molecular formula is C12H17N3O. The topological polar surface area (TPSA) is 45.2 Å². The van der Waals surface area contributed by atoms with E-state index in [-0.39, 0.29) is 11.9 Å². The second kappa shape index (κ2) is 4.61. The van der Waals surface area contributed by atoms with Gasteiger partial charge in [0.1, 0.15) is 0 Å². The van der Waals surface area contributed by atoms with Gasteiger partial charge in [0.25, 0.3) is 0 Å². The number of aromatic nitrogens is 1. The smallest absolute Gasteiger partial charge is 0.240 e. The zero-order valence-electron chi connectivity index (χ0n) is 9.73. The highest BCUT2D eigenvalue weighted by molar-refractivity contribution is 5.83. The van der Waals surface area contributed by atoms with Crippen LogP contribution in [-0.2, 0) is 11.3 Å². The van der Waals surface area contributed by atoms with Crippen LogP contribution < -0.4 is 5.32 Å². The monoisotopic (exact) mass is 219 g/mol. The van der Waals surface area contributed by atoms with Crippen molar-refractivity contribution in [3.63, 3.8) is 0 Å². The van der Waals surface area contributed by atoms with E-state index in [1.165, 1.54) is 0 Å². The third-order valence-electron chi connectivity index (χ3n) is 2.99. The van der Waals surface area contributed by atoms with E-state index in [4.69, 9.17) is 0 Å². The van der Waals surface area contributed by atoms with Crippen LogP contribution in [0.15, 0.2) is 18.3 Å². The van der Waals surface area contributed by atoms with Crippen LogP contribution in [0.2, 0.25) is 0 Å². The van der Waals surface area contributed by atoms with Gasteiger partial charge in [-0.2, -0.15) is 0 Å². The predicted octanol–water partition coefficient (Wildman–Crippen LogP) is 0.710. The molecule has 1 amide bonds. The molecule has 4 nitrogen and oxygen atoms in total. The minimum Gasteiger partial charge on any atom is -0.337 e. The van der Waals surface area contributed by atoms with Crippen molar-refractivity contribution < 1.29 is 4.79 Å². The number of carbonyl (C=O) groups is 1. The number of likely N-dealkylation sites (tertiary alicyclic amines) is 1. The minimum atomic E-state index is -0.00147. The Morgan fingerprint density at radius 3 is 2.94 bits per heavy atom. The van der Waals surface area contributed by atoms with Gasteiger partial charge in [0.05, 0.1) is 6.04 Å². The maximum absolute atomic E-state index is 11.9. The van der Waals surface area contributed by atoms with Crippen molar-refractivity contribution in [3.8, 4) is 0 Å². The highest BCUT2D eigenvalue weighted by atomic mass is 16.2. The second-order valence-corrected chi connectivity index (χ2v) is 4.20. The summed E-state index contributed by atoms with van der Waals surface area (Å²) >= 11 is 0. The molecule has 0 aliphatic carbocycles. The largest absolute Gasteiger partial charge is 0.337 e. The first-order chi connectivity index (χ1) is 7.70. The Morgan fingerprint density at radius 1 is 1.56 bits per heavy atom. The Kier molecular flexibility index (Phi) is 3.19. The number of amides is 1. The summed E-state index contributed by atoms with van der Waals surface area (Å²) in [6.45, 7) is 3.46. The Hall–Kier alpha value is -1.42. The molecule has 1 N–H and O–H groups in total. The second-order valence-electron chi connectivity index (χ2n) is 4.20. The van der Waals surface area contributed by atoms with Crippen LogP contribution in [0.4, 0.5) is 0 Å². The lowest BCUT2D eigenvalue weighted by molar-refractivity contribution is -0.129. The number of nitrogens with zero attached hydrogens (tertiary/aromatic N) is 2. The SMILES string of the molecule is CNC1CCN(Cc2ccc(C)nc2)C1=O. The first-order valence-electron chi connectivity index (χ1n) is 5.58. The molecule has 86 valence electrons. The normalized spacial score (nSPS) is 20.5. The molecule has 16 heavy (non-hydrogen) atoms. The van der Waals surface area contributed by atoms with E-state index in [0.717, 1.165) is 24.2 Å². The zero-order valence-corrected chi connectivity index (χ0v) is 9.73. The van der Waals surface area contributed by atoms with Crippen molar-refractivity contribution in [1.82, 2.24) is 15.2 Å². The van der Waals surface area contributed by atoms with Gasteiger partial charge in [-0.3, -0.25) is 9.78 Å². The van der Waals surface area contributed by atoms with Crippen LogP contribution in [0.1, 0.15) is 17.7 Å². The van der Waals surface area contributed by atoms with Crippen LogP contribution in [0.3, 0.4) is 0 Å². The van der Waals surface area contributed by atoms with Crippen LogP contribution in [0.5, 0.6) is 0 Å². The highest BCUT2D eigenvalue weighted by Crippen LogP contribution is 2.14. The highest BCUT2D eigenvalue weighted by Gasteiger charge is 2.29. The summed E-state index contributed by atoms with van der Waals surface area (Å²) in [4.78, 5) is 18.0. The summed E-state index contributed by atoms with van der Waals surface area (Å²) in [7, 11) is 1.83.